The molecule has 1 aromatic heterocycles. The first-order valence-electron chi connectivity index (χ1n) is 12.2. The molecular formula is C31H25N3O5. The van der Waals surface area contributed by atoms with Gasteiger partial charge in [0.2, 0.25) is 5.88 Å². The van der Waals surface area contributed by atoms with Crippen LogP contribution in [0.3, 0.4) is 0 Å². The molecule has 0 atom stereocenters. The van der Waals surface area contributed by atoms with E-state index in [9.17, 15) is 19.2 Å². The van der Waals surface area contributed by atoms with Crippen LogP contribution in [-0.2, 0) is 4.79 Å². The highest BCUT2D eigenvalue weighted by molar-refractivity contribution is 6.28. The van der Waals surface area contributed by atoms with Gasteiger partial charge in [-0.15, -0.1) is 0 Å². The number of para-hydroxylation sites is 1. The number of amides is 3. The first-order valence-corrected chi connectivity index (χ1v) is 12.2. The molecule has 4 aromatic rings. The number of furan rings is 1. The predicted molar refractivity (Wildman–Crippen MR) is 149 cm³/mol. The molecule has 0 aliphatic carbocycles. The van der Waals surface area contributed by atoms with Gasteiger partial charge in [-0.05, 0) is 74.0 Å². The van der Waals surface area contributed by atoms with Gasteiger partial charge in [0, 0.05) is 41.7 Å². The number of carbonyl (C=O) groups is 4. The fourth-order valence-electron chi connectivity index (χ4n) is 4.47. The Bertz CT molecular complexity index is 1620. The second-order valence-electron chi connectivity index (χ2n) is 9.12. The Kier molecular flexibility index (Phi) is 6.68. The second-order valence-corrected chi connectivity index (χ2v) is 9.12. The fraction of sp³-hybridized carbons (Fsp3) is 0.0968. The first-order chi connectivity index (χ1) is 18.8. The molecule has 2 heterocycles. The van der Waals surface area contributed by atoms with E-state index in [1.165, 1.54) is 24.9 Å². The van der Waals surface area contributed by atoms with E-state index in [2.05, 4.69) is 0 Å². The molecule has 1 fully saturated rings. The minimum Gasteiger partial charge on any atom is -0.440 e. The number of aldehydes is 1. The average molecular weight is 520 g/mol. The number of hydrogen-bond acceptors (Lipinski definition) is 6. The standard InChI is InChI=1S/C31H25N3O5/c1-20-9-12-25(17-27(20)21(2)36)33(24-13-10-22(19-35)11-14-24)29-16-15-26(39-29)18-28-30(37)34(31(38)32(28)3)23-7-5-4-6-8-23/h4-19H,1-3H3/b28-18-. The number of likely N-dealkylation sites (N-methyl/N-ethyl adjacent to an activating group) is 1. The summed E-state index contributed by atoms with van der Waals surface area (Å²) in [7, 11) is 1.54. The normalized spacial score (nSPS) is 14.3. The van der Waals surface area contributed by atoms with Crippen molar-refractivity contribution in [3.8, 4) is 0 Å². The van der Waals surface area contributed by atoms with E-state index in [-0.39, 0.29) is 11.5 Å². The van der Waals surface area contributed by atoms with Gasteiger partial charge in [-0.3, -0.25) is 24.2 Å². The van der Waals surface area contributed by atoms with Gasteiger partial charge in [0.25, 0.3) is 5.91 Å². The van der Waals surface area contributed by atoms with E-state index in [4.69, 9.17) is 4.42 Å². The van der Waals surface area contributed by atoms with E-state index in [1.807, 2.05) is 30.0 Å². The van der Waals surface area contributed by atoms with Crippen molar-refractivity contribution in [3.05, 3.63) is 113 Å². The second kappa shape index (κ2) is 10.3. The molecule has 194 valence electrons. The molecule has 3 amide bonds. The molecule has 8 nitrogen and oxygen atoms in total. The van der Waals surface area contributed by atoms with Crippen LogP contribution in [-0.4, -0.2) is 36.0 Å². The lowest BCUT2D eigenvalue weighted by Crippen LogP contribution is -2.31. The highest BCUT2D eigenvalue weighted by Crippen LogP contribution is 2.37. The molecule has 3 aromatic carbocycles. The highest BCUT2D eigenvalue weighted by Gasteiger charge is 2.40. The van der Waals surface area contributed by atoms with Crippen LogP contribution in [0.15, 0.2) is 95.0 Å². The predicted octanol–water partition coefficient (Wildman–Crippen LogP) is 6.51. The molecule has 0 N–H and O–H groups in total. The van der Waals surface area contributed by atoms with Crippen molar-refractivity contribution in [2.24, 2.45) is 0 Å². The van der Waals surface area contributed by atoms with Gasteiger partial charge in [0.1, 0.15) is 17.7 Å². The molecule has 1 aliphatic rings. The maximum atomic E-state index is 13.2. The van der Waals surface area contributed by atoms with Crippen LogP contribution in [0.1, 0.15) is 39.0 Å². The number of ketones is 1. The van der Waals surface area contributed by atoms with Crippen LogP contribution >= 0.6 is 0 Å². The molecule has 1 aliphatic heterocycles. The third-order valence-corrected chi connectivity index (χ3v) is 6.53. The quantitative estimate of drug-likeness (QED) is 0.120. The van der Waals surface area contributed by atoms with E-state index >= 15 is 0 Å². The summed E-state index contributed by atoms with van der Waals surface area (Å²) in [6.07, 6.45) is 2.29. The summed E-state index contributed by atoms with van der Waals surface area (Å²) in [5, 5.41) is 0. The Morgan fingerprint density at radius 1 is 0.897 bits per heavy atom. The Morgan fingerprint density at radius 2 is 1.59 bits per heavy atom. The zero-order valence-electron chi connectivity index (χ0n) is 21.6. The van der Waals surface area contributed by atoms with Crippen molar-refractivity contribution in [1.82, 2.24) is 4.90 Å². The summed E-state index contributed by atoms with van der Waals surface area (Å²) in [6, 6.07) is 24.2. The summed E-state index contributed by atoms with van der Waals surface area (Å²) in [5.41, 5.74) is 3.97. The Morgan fingerprint density at radius 3 is 2.26 bits per heavy atom. The lowest BCUT2D eigenvalue weighted by molar-refractivity contribution is -0.114. The molecule has 0 spiro atoms. The number of Topliss-reactive ketones (excluding diaryl/α,β-unsaturated/α-hetero) is 1. The number of urea groups is 1. The smallest absolute Gasteiger partial charge is 0.336 e. The summed E-state index contributed by atoms with van der Waals surface area (Å²) < 4.78 is 6.16. The van der Waals surface area contributed by atoms with Crippen molar-refractivity contribution >= 4 is 53.0 Å². The van der Waals surface area contributed by atoms with Gasteiger partial charge in [-0.25, -0.2) is 9.69 Å². The third-order valence-electron chi connectivity index (χ3n) is 6.53. The summed E-state index contributed by atoms with van der Waals surface area (Å²) in [4.78, 5) is 53.7. The number of imide groups is 1. The number of rotatable bonds is 7. The minimum atomic E-state index is -0.461. The Labute approximate surface area is 225 Å². The first kappa shape index (κ1) is 25.4. The molecule has 0 radical (unpaired) electrons. The summed E-state index contributed by atoms with van der Waals surface area (Å²) in [5.74, 6) is 0.248. The number of carbonyl (C=O) groups excluding carboxylic acids is 4. The third kappa shape index (κ3) is 4.75. The molecule has 1 saturated heterocycles. The number of hydrogen-bond donors (Lipinski definition) is 0. The zero-order chi connectivity index (χ0) is 27.7. The molecule has 0 bridgehead atoms. The maximum absolute atomic E-state index is 13.2. The maximum Gasteiger partial charge on any atom is 0.336 e. The van der Waals surface area contributed by atoms with Crippen molar-refractivity contribution in [3.63, 3.8) is 0 Å². The molecule has 0 saturated carbocycles. The van der Waals surface area contributed by atoms with E-state index in [0.29, 0.717) is 39.8 Å². The molecule has 39 heavy (non-hydrogen) atoms. The highest BCUT2D eigenvalue weighted by atomic mass is 16.4. The molecular weight excluding hydrogens is 494 g/mol. The Balaban J connectivity index is 1.55. The number of anilines is 4. The van der Waals surface area contributed by atoms with Crippen molar-refractivity contribution in [2.45, 2.75) is 13.8 Å². The number of aryl methyl sites for hydroxylation is 1. The average Bonchev–Trinajstić information content (AvgIpc) is 3.48. The van der Waals surface area contributed by atoms with Gasteiger partial charge in [-0.1, -0.05) is 24.3 Å². The number of benzene rings is 3. The van der Waals surface area contributed by atoms with Crippen LogP contribution in [0.5, 0.6) is 0 Å². The van der Waals surface area contributed by atoms with Crippen molar-refractivity contribution in [2.75, 3.05) is 16.8 Å². The molecule has 8 heteroatoms. The Hall–Kier alpha value is -5.24. The van der Waals surface area contributed by atoms with Crippen LogP contribution in [0, 0.1) is 6.92 Å². The van der Waals surface area contributed by atoms with Gasteiger partial charge in [0.05, 0.1) is 5.69 Å². The van der Waals surface area contributed by atoms with Crippen molar-refractivity contribution < 1.29 is 23.6 Å². The van der Waals surface area contributed by atoms with E-state index < -0.39 is 11.9 Å². The number of nitrogens with zero attached hydrogens (tertiary/aromatic N) is 3. The summed E-state index contributed by atoms with van der Waals surface area (Å²) >= 11 is 0. The van der Waals surface area contributed by atoms with Crippen LogP contribution < -0.4 is 9.80 Å². The van der Waals surface area contributed by atoms with Gasteiger partial charge >= 0.3 is 6.03 Å². The van der Waals surface area contributed by atoms with E-state index in [1.54, 1.807) is 66.7 Å². The van der Waals surface area contributed by atoms with Gasteiger partial charge < -0.3 is 4.42 Å². The van der Waals surface area contributed by atoms with Gasteiger partial charge in [-0.2, -0.15) is 0 Å². The lowest BCUT2D eigenvalue weighted by Gasteiger charge is -2.23. The minimum absolute atomic E-state index is 0.0640. The van der Waals surface area contributed by atoms with Crippen LogP contribution in [0.2, 0.25) is 0 Å². The monoisotopic (exact) mass is 519 g/mol. The zero-order valence-corrected chi connectivity index (χ0v) is 21.6. The van der Waals surface area contributed by atoms with Crippen molar-refractivity contribution in [1.29, 1.82) is 0 Å². The molecule has 5 rings (SSSR count). The fourth-order valence-corrected chi connectivity index (χ4v) is 4.47. The van der Waals surface area contributed by atoms with Crippen LogP contribution in [0.25, 0.3) is 6.08 Å². The SMILES string of the molecule is CC(=O)c1cc(N(c2ccc(C=O)cc2)c2ccc(/C=C3/C(=O)N(c4ccccc4)C(=O)N3C)o2)ccc1C. The lowest BCUT2D eigenvalue weighted by atomic mass is 10.0. The van der Waals surface area contributed by atoms with Crippen LogP contribution in [0.4, 0.5) is 27.7 Å². The van der Waals surface area contributed by atoms with Gasteiger partial charge in [0.15, 0.2) is 5.78 Å². The largest absolute Gasteiger partial charge is 0.440 e. The summed E-state index contributed by atoms with van der Waals surface area (Å²) in [6.45, 7) is 3.39. The topological polar surface area (TPSA) is 91.1 Å². The molecule has 0 unspecified atom stereocenters. The van der Waals surface area contributed by atoms with E-state index in [0.717, 1.165) is 16.7 Å².